The highest BCUT2D eigenvalue weighted by Gasteiger charge is 2.07. The summed E-state index contributed by atoms with van der Waals surface area (Å²) in [5.41, 5.74) is 4.31. The zero-order chi connectivity index (χ0) is 11.9. The number of carbonyl (C=O) groups excluding carboxylic acids is 1. The van der Waals surface area contributed by atoms with E-state index >= 15 is 0 Å². The molecule has 17 heavy (non-hydrogen) atoms. The molecular formula is C13H19N3O. The van der Waals surface area contributed by atoms with Crippen LogP contribution in [0, 0.1) is 0 Å². The second kappa shape index (κ2) is 6.23. The Morgan fingerprint density at radius 2 is 1.88 bits per heavy atom. The number of aromatic amines is 1. The Bertz CT molecular complexity index is 371. The zero-order valence-corrected chi connectivity index (χ0v) is 10.0. The smallest absolute Gasteiger partial charge is 0.287 e. The van der Waals surface area contributed by atoms with Gasteiger partial charge in [-0.05, 0) is 37.8 Å². The fraction of sp³-hybridized carbons (Fsp3) is 0.538. The van der Waals surface area contributed by atoms with Crippen molar-refractivity contribution in [1.82, 2.24) is 10.4 Å². The highest BCUT2D eigenvalue weighted by molar-refractivity contribution is 5.93. The summed E-state index contributed by atoms with van der Waals surface area (Å²) in [6.45, 7) is 0. The monoisotopic (exact) mass is 233 g/mol. The fourth-order valence-corrected chi connectivity index (χ4v) is 2.09. The molecule has 0 bridgehead atoms. The Balaban J connectivity index is 1.87. The lowest BCUT2D eigenvalue weighted by Crippen LogP contribution is -2.20. The maximum atomic E-state index is 11.7. The van der Waals surface area contributed by atoms with Gasteiger partial charge in [0.1, 0.15) is 5.69 Å². The molecule has 0 aromatic carbocycles. The molecule has 2 rings (SSSR count). The summed E-state index contributed by atoms with van der Waals surface area (Å²) in [7, 11) is 0. The van der Waals surface area contributed by atoms with Crippen molar-refractivity contribution in [3.05, 3.63) is 24.0 Å². The van der Waals surface area contributed by atoms with Gasteiger partial charge in [-0.15, -0.1) is 0 Å². The molecule has 4 heteroatoms. The highest BCUT2D eigenvalue weighted by Crippen LogP contribution is 2.14. The van der Waals surface area contributed by atoms with E-state index in [-0.39, 0.29) is 5.91 Å². The summed E-state index contributed by atoms with van der Waals surface area (Å²) in [6, 6.07) is 3.55. The zero-order valence-electron chi connectivity index (χ0n) is 10.0. The molecule has 0 atom stereocenters. The molecule has 1 aliphatic carbocycles. The Labute approximate surface area is 101 Å². The number of hydrogen-bond donors (Lipinski definition) is 2. The topological polar surface area (TPSA) is 57.2 Å². The van der Waals surface area contributed by atoms with Crippen molar-refractivity contribution in [2.45, 2.75) is 44.9 Å². The summed E-state index contributed by atoms with van der Waals surface area (Å²) in [5, 5.41) is 4.24. The van der Waals surface area contributed by atoms with Crippen molar-refractivity contribution < 1.29 is 4.79 Å². The van der Waals surface area contributed by atoms with Crippen LogP contribution in [-0.2, 0) is 0 Å². The molecule has 0 unspecified atom stereocenters. The number of amides is 1. The van der Waals surface area contributed by atoms with Gasteiger partial charge in [0, 0.05) is 11.9 Å². The van der Waals surface area contributed by atoms with Gasteiger partial charge in [0.25, 0.3) is 5.91 Å². The molecule has 1 aromatic heterocycles. The van der Waals surface area contributed by atoms with Gasteiger partial charge in [0.2, 0.25) is 0 Å². The molecule has 1 aromatic rings. The van der Waals surface area contributed by atoms with Crippen molar-refractivity contribution in [3.63, 3.8) is 0 Å². The summed E-state index contributed by atoms with van der Waals surface area (Å²) in [6.07, 6.45) is 10.1. The number of rotatable bonds is 2. The molecule has 1 saturated carbocycles. The Kier molecular flexibility index (Phi) is 4.36. The second-order valence-corrected chi connectivity index (χ2v) is 4.47. The van der Waals surface area contributed by atoms with E-state index in [1.54, 1.807) is 18.3 Å². The number of aromatic nitrogens is 1. The van der Waals surface area contributed by atoms with Gasteiger partial charge in [-0.1, -0.05) is 19.3 Å². The lowest BCUT2D eigenvalue weighted by Gasteiger charge is -2.10. The van der Waals surface area contributed by atoms with Crippen LogP contribution < -0.4 is 5.43 Å². The van der Waals surface area contributed by atoms with Gasteiger partial charge >= 0.3 is 0 Å². The highest BCUT2D eigenvalue weighted by atomic mass is 16.2. The van der Waals surface area contributed by atoms with Crippen molar-refractivity contribution >= 4 is 11.6 Å². The summed E-state index contributed by atoms with van der Waals surface area (Å²) >= 11 is 0. The van der Waals surface area contributed by atoms with Crippen LogP contribution in [0.3, 0.4) is 0 Å². The van der Waals surface area contributed by atoms with E-state index in [1.165, 1.54) is 32.1 Å². The van der Waals surface area contributed by atoms with Gasteiger partial charge in [-0.3, -0.25) is 4.79 Å². The SMILES string of the molecule is O=C(NN=C1CCCCCCC1)c1ccc[nH]1. The van der Waals surface area contributed by atoms with Gasteiger partial charge in [0.05, 0.1) is 0 Å². The van der Waals surface area contributed by atoms with Crippen molar-refractivity contribution in [2.24, 2.45) is 5.10 Å². The summed E-state index contributed by atoms with van der Waals surface area (Å²) in [5.74, 6) is -0.162. The van der Waals surface area contributed by atoms with Crippen LogP contribution in [0.1, 0.15) is 55.4 Å². The van der Waals surface area contributed by atoms with Crippen molar-refractivity contribution in [3.8, 4) is 0 Å². The molecule has 2 N–H and O–H groups in total. The van der Waals surface area contributed by atoms with Crippen LogP contribution >= 0.6 is 0 Å². The molecule has 1 heterocycles. The van der Waals surface area contributed by atoms with Crippen LogP contribution in [0.5, 0.6) is 0 Å². The van der Waals surface area contributed by atoms with Gasteiger partial charge < -0.3 is 4.98 Å². The minimum Gasteiger partial charge on any atom is -0.357 e. The molecule has 1 fully saturated rings. The quantitative estimate of drug-likeness (QED) is 0.758. The number of nitrogens with zero attached hydrogens (tertiary/aromatic N) is 1. The summed E-state index contributed by atoms with van der Waals surface area (Å²) in [4.78, 5) is 14.5. The largest absolute Gasteiger partial charge is 0.357 e. The van der Waals surface area contributed by atoms with E-state index in [0.29, 0.717) is 5.69 Å². The lowest BCUT2D eigenvalue weighted by atomic mass is 9.99. The first kappa shape index (κ1) is 11.9. The standard InChI is InChI=1S/C13H19N3O/c17-13(12-9-6-10-14-12)16-15-11-7-4-2-1-3-5-8-11/h6,9-10,14H,1-5,7-8H2,(H,16,17). The average molecular weight is 233 g/mol. The molecule has 0 radical (unpaired) electrons. The lowest BCUT2D eigenvalue weighted by molar-refractivity contribution is 0.0950. The number of H-pyrrole nitrogens is 1. The van der Waals surface area contributed by atoms with Crippen molar-refractivity contribution in [2.75, 3.05) is 0 Å². The van der Waals surface area contributed by atoms with E-state index in [0.717, 1.165) is 18.6 Å². The Hall–Kier alpha value is -1.58. The molecular weight excluding hydrogens is 214 g/mol. The predicted octanol–water partition coefficient (Wildman–Crippen LogP) is 2.84. The molecule has 0 spiro atoms. The van der Waals surface area contributed by atoms with Gasteiger partial charge in [-0.2, -0.15) is 5.10 Å². The van der Waals surface area contributed by atoms with Gasteiger partial charge in [0.15, 0.2) is 0 Å². The average Bonchev–Trinajstić information content (AvgIpc) is 2.80. The third-order valence-electron chi connectivity index (χ3n) is 3.09. The number of hydrazone groups is 1. The number of hydrogen-bond acceptors (Lipinski definition) is 2. The Morgan fingerprint density at radius 3 is 2.53 bits per heavy atom. The number of nitrogens with one attached hydrogen (secondary N) is 2. The van der Waals surface area contributed by atoms with Crippen LogP contribution in [0.15, 0.2) is 23.4 Å². The minimum atomic E-state index is -0.162. The van der Waals surface area contributed by atoms with Crippen LogP contribution in [-0.4, -0.2) is 16.6 Å². The van der Waals surface area contributed by atoms with Crippen LogP contribution in [0.4, 0.5) is 0 Å². The van der Waals surface area contributed by atoms with E-state index in [4.69, 9.17) is 0 Å². The third-order valence-corrected chi connectivity index (χ3v) is 3.09. The normalized spacial score (nSPS) is 17.1. The molecule has 0 saturated heterocycles. The Morgan fingerprint density at radius 1 is 1.18 bits per heavy atom. The first-order valence-corrected chi connectivity index (χ1v) is 6.35. The first-order chi connectivity index (χ1) is 8.36. The first-order valence-electron chi connectivity index (χ1n) is 6.35. The van der Waals surface area contributed by atoms with E-state index in [9.17, 15) is 4.79 Å². The minimum absolute atomic E-state index is 0.162. The second-order valence-electron chi connectivity index (χ2n) is 4.47. The molecule has 4 nitrogen and oxygen atoms in total. The van der Waals surface area contributed by atoms with Crippen LogP contribution in [0.2, 0.25) is 0 Å². The van der Waals surface area contributed by atoms with E-state index in [2.05, 4.69) is 15.5 Å². The number of carbonyl (C=O) groups is 1. The molecule has 1 aliphatic rings. The predicted molar refractivity (Wildman–Crippen MR) is 68.0 cm³/mol. The maximum absolute atomic E-state index is 11.7. The molecule has 92 valence electrons. The van der Waals surface area contributed by atoms with E-state index in [1.807, 2.05) is 0 Å². The fourth-order valence-electron chi connectivity index (χ4n) is 2.09. The van der Waals surface area contributed by atoms with Crippen LogP contribution in [0.25, 0.3) is 0 Å². The van der Waals surface area contributed by atoms with Crippen molar-refractivity contribution in [1.29, 1.82) is 0 Å². The van der Waals surface area contributed by atoms with E-state index < -0.39 is 0 Å². The third kappa shape index (κ3) is 3.73. The summed E-state index contributed by atoms with van der Waals surface area (Å²) < 4.78 is 0. The maximum Gasteiger partial charge on any atom is 0.287 e. The van der Waals surface area contributed by atoms with Gasteiger partial charge in [-0.25, -0.2) is 5.43 Å². The molecule has 0 aliphatic heterocycles. The molecule has 1 amide bonds.